The average Bonchev–Trinajstić information content (AvgIpc) is 3.19. The maximum absolute atomic E-state index is 5.87. The van der Waals surface area contributed by atoms with E-state index >= 15 is 0 Å². The molecule has 3 aromatic heterocycles. The van der Waals surface area contributed by atoms with Gasteiger partial charge in [-0.05, 0) is 32.0 Å². The van der Waals surface area contributed by atoms with Crippen LogP contribution in [0.2, 0.25) is 0 Å². The normalized spacial score (nSPS) is 17.7. The largest absolute Gasteiger partial charge is 0.444 e. The van der Waals surface area contributed by atoms with E-state index < -0.39 is 0 Å². The third kappa shape index (κ3) is 2.25. The van der Waals surface area contributed by atoms with Crippen molar-refractivity contribution in [2.24, 2.45) is 0 Å². The summed E-state index contributed by atoms with van der Waals surface area (Å²) in [6.07, 6.45) is 4.92. The van der Waals surface area contributed by atoms with Gasteiger partial charge in [-0.2, -0.15) is 4.52 Å². The SMILES string of the molecule is CN(Cc1nc2c(o1)CCC2)C1CN(c2ccc3nncn3n2)C1. The third-order valence-electron chi connectivity index (χ3n) is 4.98. The molecule has 0 saturated carbocycles. The molecule has 8 heteroatoms. The van der Waals surface area contributed by atoms with E-state index in [0.29, 0.717) is 6.04 Å². The van der Waals surface area contributed by atoms with E-state index in [4.69, 9.17) is 4.42 Å². The van der Waals surface area contributed by atoms with Gasteiger partial charge in [0.25, 0.3) is 0 Å². The van der Waals surface area contributed by atoms with E-state index in [1.54, 1.807) is 10.8 Å². The van der Waals surface area contributed by atoms with Gasteiger partial charge >= 0.3 is 0 Å². The van der Waals surface area contributed by atoms with Crippen LogP contribution in [0.5, 0.6) is 0 Å². The van der Waals surface area contributed by atoms with E-state index in [1.807, 2.05) is 12.1 Å². The first-order valence-corrected chi connectivity index (χ1v) is 8.36. The molecule has 0 radical (unpaired) electrons. The van der Waals surface area contributed by atoms with Crippen molar-refractivity contribution in [3.05, 3.63) is 35.8 Å². The van der Waals surface area contributed by atoms with Crippen LogP contribution in [0.3, 0.4) is 0 Å². The predicted molar refractivity (Wildman–Crippen MR) is 86.8 cm³/mol. The van der Waals surface area contributed by atoms with E-state index in [-0.39, 0.29) is 0 Å². The minimum atomic E-state index is 0.491. The van der Waals surface area contributed by atoms with Crippen LogP contribution in [-0.2, 0) is 19.4 Å². The Kier molecular flexibility index (Phi) is 3.05. The van der Waals surface area contributed by atoms with Gasteiger partial charge < -0.3 is 9.32 Å². The smallest absolute Gasteiger partial charge is 0.208 e. The highest BCUT2D eigenvalue weighted by Gasteiger charge is 2.32. The van der Waals surface area contributed by atoms with E-state index in [2.05, 4.69) is 37.1 Å². The number of aryl methyl sites for hydroxylation is 2. The number of rotatable bonds is 4. The molecule has 0 spiro atoms. The number of hydrogen-bond donors (Lipinski definition) is 0. The summed E-state index contributed by atoms with van der Waals surface area (Å²) in [5.41, 5.74) is 1.94. The molecular weight excluding hydrogens is 306 g/mol. The van der Waals surface area contributed by atoms with Gasteiger partial charge in [0.15, 0.2) is 5.65 Å². The first kappa shape index (κ1) is 13.9. The Morgan fingerprint density at radius 1 is 1.29 bits per heavy atom. The Bertz CT molecular complexity index is 858. The topological polar surface area (TPSA) is 75.6 Å². The minimum absolute atomic E-state index is 0.491. The summed E-state index contributed by atoms with van der Waals surface area (Å²) in [5.74, 6) is 2.91. The van der Waals surface area contributed by atoms with E-state index in [1.165, 1.54) is 12.1 Å². The maximum Gasteiger partial charge on any atom is 0.208 e. The lowest BCUT2D eigenvalue weighted by molar-refractivity contribution is 0.179. The van der Waals surface area contributed by atoms with Crippen molar-refractivity contribution in [1.82, 2.24) is 29.7 Å². The van der Waals surface area contributed by atoms with Crippen molar-refractivity contribution in [2.75, 3.05) is 25.0 Å². The van der Waals surface area contributed by atoms with Gasteiger partial charge in [-0.15, -0.1) is 15.3 Å². The fourth-order valence-electron chi connectivity index (χ4n) is 3.46. The van der Waals surface area contributed by atoms with Crippen molar-refractivity contribution in [1.29, 1.82) is 0 Å². The number of oxazole rings is 1. The predicted octanol–water partition coefficient (Wildman–Crippen LogP) is 0.922. The zero-order chi connectivity index (χ0) is 16.1. The Balaban J connectivity index is 1.22. The first-order chi connectivity index (χ1) is 11.8. The molecule has 3 aromatic rings. The summed E-state index contributed by atoms with van der Waals surface area (Å²) < 4.78 is 7.58. The second-order valence-corrected chi connectivity index (χ2v) is 6.63. The molecule has 0 bridgehead atoms. The van der Waals surface area contributed by atoms with Crippen molar-refractivity contribution in [3.8, 4) is 0 Å². The second-order valence-electron chi connectivity index (χ2n) is 6.63. The number of nitrogens with zero attached hydrogens (tertiary/aromatic N) is 7. The molecule has 1 saturated heterocycles. The van der Waals surface area contributed by atoms with Crippen molar-refractivity contribution in [3.63, 3.8) is 0 Å². The fraction of sp³-hybridized carbons (Fsp3) is 0.500. The van der Waals surface area contributed by atoms with E-state index in [9.17, 15) is 0 Å². The lowest BCUT2D eigenvalue weighted by atomic mass is 10.1. The first-order valence-electron chi connectivity index (χ1n) is 8.36. The lowest BCUT2D eigenvalue weighted by Gasteiger charge is -2.44. The molecule has 1 aliphatic heterocycles. The van der Waals surface area contributed by atoms with Crippen LogP contribution in [0.15, 0.2) is 22.9 Å². The highest BCUT2D eigenvalue weighted by atomic mass is 16.4. The molecule has 4 heterocycles. The zero-order valence-electron chi connectivity index (χ0n) is 13.6. The summed E-state index contributed by atoms with van der Waals surface area (Å²) >= 11 is 0. The maximum atomic E-state index is 5.87. The van der Waals surface area contributed by atoms with Gasteiger partial charge in [0, 0.05) is 25.6 Å². The van der Waals surface area contributed by atoms with Gasteiger partial charge in [0.05, 0.1) is 12.2 Å². The molecule has 0 N–H and O–H groups in total. The van der Waals surface area contributed by atoms with Crippen LogP contribution in [-0.4, -0.2) is 55.9 Å². The van der Waals surface area contributed by atoms with Crippen molar-refractivity contribution >= 4 is 11.5 Å². The van der Waals surface area contributed by atoms with Gasteiger partial charge in [-0.25, -0.2) is 4.98 Å². The van der Waals surface area contributed by atoms with Crippen LogP contribution in [0.1, 0.15) is 23.8 Å². The van der Waals surface area contributed by atoms with Crippen LogP contribution in [0.4, 0.5) is 5.82 Å². The molecule has 24 heavy (non-hydrogen) atoms. The van der Waals surface area contributed by atoms with Gasteiger partial charge in [0.1, 0.15) is 17.9 Å². The molecule has 1 fully saturated rings. The average molecular weight is 325 g/mol. The summed E-state index contributed by atoms with van der Waals surface area (Å²) in [4.78, 5) is 9.20. The van der Waals surface area contributed by atoms with Crippen LogP contribution < -0.4 is 4.90 Å². The molecule has 8 nitrogen and oxygen atoms in total. The molecule has 0 unspecified atom stereocenters. The third-order valence-corrected chi connectivity index (χ3v) is 4.98. The van der Waals surface area contributed by atoms with Gasteiger partial charge in [0.2, 0.25) is 5.89 Å². The molecule has 1 aliphatic carbocycles. The molecule has 2 aliphatic rings. The fourth-order valence-corrected chi connectivity index (χ4v) is 3.46. The number of aromatic nitrogens is 5. The van der Waals surface area contributed by atoms with Crippen molar-refractivity contribution in [2.45, 2.75) is 31.8 Å². The van der Waals surface area contributed by atoms with Gasteiger partial charge in [-0.1, -0.05) is 0 Å². The molecule has 5 rings (SSSR count). The molecule has 0 atom stereocenters. The summed E-state index contributed by atoms with van der Waals surface area (Å²) in [7, 11) is 2.13. The van der Waals surface area contributed by atoms with Crippen LogP contribution in [0, 0.1) is 0 Å². The highest BCUT2D eigenvalue weighted by molar-refractivity contribution is 5.47. The molecular formula is C16H19N7O. The summed E-state index contributed by atoms with van der Waals surface area (Å²) in [6.45, 7) is 2.68. The highest BCUT2D eigenvalue weighted by Crippen LogP contribution is 2.25. The van der Waals surface area contributed by atoms with Gasteiger partial charge in [-0.3, -0.25) is 4.90 Å². The number of fused-ring (bicyclic) bond motifs is 2. The minimum Gasteiger partial charge on any atom is -0.444 e. The summed E-state index contributed by atoms with van der Waals surface area (Å²) in [6, 6.07) is 4.43. The molecule has 0 amide bonds. The monoisotopic (exact) mass is 325 g/mol. The number of likely N-dealkylation sites (N-methyl/N-ethyl adjacent to an activating group) is 1. The Morgan fingerprint density at radius 2 is 2.21 bits per heavy atom. The Morgan fingerprint density at radius 3 is 3.08 bits per heavy atom. The standard InChI is InChI=1S/C16H19N7O/c1-21(9-16-18-12-3-2-4-13(12)24-16)11-7-22(8-11)15-6-5-14-19-17-10-23(14)20-15/h5-6,10-11H,2-4,7-9H2,1H3. The Labute approximate surface area is 139 Å². The Hall–Kier alpha value is -2.48. The number of anilines is 1. The lowest BCUT2D eigenvalue weighted by Crippen LogP contribution is -2.58. The molecule has 0 aromatic carbocycles. The van der Waals surface area contributed by atoms with Crippen LogP contribution in [0.25, 0.3) is 5.65 Å². The zero-order valence-corrected chi connectivity index (χ0v) is 13.6. The summed E-state index contributed by atoms with van der Waals surface area (Å²) in [5, 5.41) is 12.4. The van der Waals surface area contributed by atoms with Crippen molar-refractivity contribution < 1.29 is 4.42 Å². The molecule has 124 valence electrons. The second kappa shape index (κ2) is 5.27. The van der Waals surface area contributed by atoms with Crippen LogP contribution >= 0.6 is 0 Å². The number of hydrogen-bond acceptors (Lipinski definition) is 7. The van der Waals surface area contributed by atoms with E-state index in [0.717, 1.165) is 55.6 Å². The quantitative estimate of drug-likeness (QED) is 0.706.